The number of amides is 2. The van der Waals surface area contributed by atoms with Crippen molar-refractivity contribution in [3.63, 3.8) is 0 Å². The van der Waals surface area contributed by atoms with Crippen LogP contribution in [0.1, 0.15) is 84.1 Å². The summed E-state index contributed by atoms with van der Waals surface area (Å²) in [6.45, 7) is 6.01. The first-order valence-corrected chi connectivity index (χ1v) is 14.2. The normalized spacial score (nSPS) is 25.2. The van der Waals surface area contributed by atoms with Gasteiger partial charge in [-0.1, -0.05) is 76.1 Å². The Morgan fingerprint density at radius 2 is 1.79 bits per heavy atom. The Morgan fingerprint density at radius 1 is 1.08 bits per heavy atom. The zero-order valence-corrected chi connectivity index (χ0v) is 23.3. The van der Waals surface area contributed by atoms with E-state index in [1.165, 1.54) is 0 Å². The van der Waals surface area contributed by atoms with Crippen molar-refractivity contribution < 1.29 is 24.2 Å². The van der Waals surface area contributed by atoms with E-state index in [4.69, 9.17) is 4.74 Å². The summed E-state index contributed by atoms with van der Waals surface area (Å²) in [5, 5.41) is 16.0. The van der Waals surface area contributed by atoms with Crippen molar-refractivity contribution in [2.24, 2.45) is 17.3 Å². The lowest BCUT2D eigenvalue weighted by molar-refractivity contribution is -0.151. The smallest absolute Gasteiger partial charge is 0.309 e. The highest BCUT2D eigenvalue weighted by molar-refractivity contribution is 5.86. The highest BCUT2D eigenvalue weighted by atomic mass is 16.5. The van der Waals surface area contributed by atoms with Gasteiger partial charge in [-0.3, -0.25) is 14.4 Å². The lowest BCUT2D eigenvalue weighted by atomic mass is 9.86. The van der Waals surface area contributed by atoms with E-state index < -0.39 is 17.5 Å². The van der Waals surface area contributed by atoms with Crippen LogP contribution in [0.5, 0.6) is 0 Å². The van der Waals surface area contributed by atoms with E-state index in [-0.39, 0.29) is 48.8 Å². The predicted molar refractivity (Wildman–Crippen MR) is 148 cm³/mol. The van der Waals surface area contributed by atoms with E-state index in [1.807, 2.05) is 63.3 Å². The molecule has 7 heteroatoms. The van der Waals surface area contributed by atoms with Crippen molar-refractivity contribution in [3.05, 3.63) is 48.0 Å². The molecule has 1 aromatic carbocycles. The molecule has 3 rings (SSSR count). The van der Waals surface area contributed by atoms with E-state index in [9.17, 15) is 19.5 Å². The molecular weight excluding hydrogens is 480 g/mol. The first kappa shape index (κ1) is 29.9. The van der Waals surface area contributed by atoms with Gasteiger partial charge in [-0.15, -0.1) is 0 Å². The van der Waals surface area contributed by atoms with Crippen LogP contribution in [0.4, 0.5) is 0 Å². The van der Waals surface area contributed by atoms with Crippen LogP contribution < -0.4 is 10.6 Å². The maximum atomic E-state index is 13.4. The van der Waals surface area contributed by atoms with Crippen molar-refractivity contribution in [2.75, 3.05) is 13.2 Å². The molecule has 1 aliphatic carbocycles. The number of ether oxygens (including phenoxy) is 1. The summed E-state index contributed by atoms with van der Waals surface area (Å²) in [5.41, 5.74) is 0.187. The van der Waals surface area contributed by atoms with Crippen LogP contribution in [-0.4, -0.2) is 47.7 Å². The van der Waals surface area contributed by atoms with E-state index in [2.05, 4.69) is 10.6 Å². The number of esters is 1. The first-order valence-electron chi connectivity index (χ1n) is 14.2. The van der Waals surface area contributed by atoms with Gasteiger partial charge in [-0.25, -0.2) is 0 Å². The van der Waals surface area contributed by atoms with Crippen molar-refractivity contribution in [3.8, 4) is 0 Å². The molecule has 210 valence electrons. The zero-order valence-electron chi connectivity index (χ0n) is 23.3. The summed E-state index contributed by atoms with van der Waals surface area (Å²) < 4.78 is 5.81. The van der Waals surface area contributed by atoms with Gasteiger partial charge in [0.05, 0.1) is 30.0 Å². The van der Waals surface area contributed by atoms with Gasteiger partial charge in [0, 0.05) is 6.42 Å². The molecule has 38 heavy (non-hydrogen) atoms. The van der Waals surface area contributed by atoms with Gasteiger partial charge < -0.3 is 20.5 Å². The molecule has 2 aliphatic rings. The number of benzene rings is 1. The average molecular weight is 527 g/mol. The number of cyclic esters (lactones) is 1. The van der Waals surface area contributed by atoms with Gasteiger partial charge in [-0.05, 0) is 55.9 Å². The number of allylic oxidation sites excluding steroid dienone is 2. The van der Waals surface area contributed by atoms with Crippen LogP contribution >= 0.6 is 0 Å². The molecule has 1 aromatic rings. The topological polar surface area (TPSA) is 105 Å². The summed E-state index contributed by atoms with van der Waals surface area (Å²) >= 11 is 0. The van der Waals surface area contributed by atoms with Crippen LogP contribution in [0, 0.1) is 17.3 Å². The van der Waals surface area contributed by atoms with E-state index in [0.717, 1.165) is 50.5 Å². The molecule has 3 unspecified atom stereocenters. The second-order valence-corrected chi connectivity index (χ2v) is 12.2. The number of nitrogens with one attached hydrogen (secondary N) is 2. The molecule has 3 N–H and O–H groups in total. The second kappa shape index (κ2) is 13.9. The molecule has 7 nitrogen and oxygen atoms in total. The standard InChI is InChI=1S/C31H46N2O5/c1-30(2,3)26-21-38-29(37)25(19-23-13-7-6-8-14-23)16-10-5-4-9-15-24(28(36)32-26)20-27(35)33-31(22-34)17-11-12-18-31/h4,6-9,13-14,24-26,34H,5,10-12,15-22H2,1-3H3,(H,32,36)(H,33,35). The summed E-state index contributed by atoms with van der Waals surface area (Å²) in [4.78, 5) is 39.5. The van der Waals surface area contributed by atoms with Crippen molar-refractivity contribution in [1.29, 1.82) is 0 Å². The monoisotopic (exact) mass is 526 g/mol. The molecular formula is C31H46N2O5. The van der Waals surface area contributed by atoms with Gasteiger partial charge in [0.1, 0.15) is 6.61 Å². The highest BCUT2D eigenvalue weighted by Gasteiger charge is 2.36. The summed E-state index contributed by atoms with van der Waals surface area (Å²) in [7, 11) is 0. The zero-order chi connectivity index (χ0) is 27.6. The van der Waals surface area contributed by atoms with Crippen LogP contribution in [0.2, 0.25) is 0 Å². The Morgan fingerprint density at radius 3 is 2.45 bits per heavy atom. The van der Waals surface area contributed by atoms with Crippen molar-refractivity contribution in [1.82, 2.24) is 10.6 Å². The van der Waals surface area contributed by atoms with E-state index in [1.54, 1.807) is 0 Å². The number of carbonyl (C=O) groups excluding carboxylic acids is 3. The fourth-order valence-corrected chi connectivity index (χ4v) is 5.37. The third-order valence-electron chi connectivity index (χ3n) is 7.99. The van der Waals surface area contributed by atoms with Crippen LogP contribution in [0.3, 0.4) is 0 Å². The van der Waals surface area contributed by atoms with Gasteiger partial charge in [0.15, 0.2) is 0 Å². The quantitative estimate of drug-likeness (QED) is 0.375. The summed E-state index contributed by atoms with van der Waals surface area (Å²) in [5.74, 6) is -1.45. The largest absolute Gasteiger partial charge is 0.463 e. The molecule has 1 heterocycles. The number of aliphatic hydroxyl groups excluding tert-OH is 1. The van der Waals surface area contributed by atoms with Gasteiger partial charge in [0.25, 0.3) is 0 Å². The first-order chi connectivity index (χ1) is 18.1. The molecule has 0 saturated heterocycles. The third kappa shape index (κ3) is 8.97. The molecule has 0 aromatic heterocycles. The number of hydrogen-bond acceptors (Lipinski definition) is 5. The Hall–Kier alpha value is -2.67. The van der Waals surface area contributed by atoms with E-state index >= 15 is 0 Å². The van der Waals surface area contributed by atoms with Crippen LogP contribution in [0.25, 0.3) is 0 Å². The Labute approximate surface area is 227 Å². The minimum Gasteiger partial charge on any atom is -0.463 e. The number of hydrogen-bond donors (Lipinski definition) is 3. The van der Waals surface area contributed by atoms with Gasteiger partial charge >= 0.3 is 5.97 Å². The molecule has 3 atom stereocenters. The summed E-state index contributed by atoms with van der Waals surface area (Å²) in [6, 6.07) is 9.58. The van der Waals surface area contributed by atoms with Crippen LogP contribution in [0.15, 0.2) is 42.5 Å². The maximum absolute atomic E-state index is 13.4. The molecule has 1 fully saturated rings. The number of rotatable bonds is 6. The minimum atomic E-state index is -0.566. The lowest BCUT2D eigenvalue weighted by Gasteiger charge is -2.33. The van der Waals surface area contributed by atoms with Gasteiger partial charge in [-0.2, -0.15) is 0 Å². The molecule has 0 radical (unpaired) electrons. The number of carbonyl (C=O) groups is 3. The lowest BCUT2D eigenvalue weighted by Crippen LogP contribution is -2.52. The Kier molecular flexibility index (Phi) is 11.0. The molecule has 2 amide bonds. The van der Waals surface area contributed by atoms with Gasteiger partial charge in [0.2, 0.25) is 11.8 Å². The number of aliphatic hydroxyl groups is 1. The Balaban J connectivity index is 1.73. The Bertz CT molecular complexity index is 947. The second-order valence-electron chi connectivity index (χ2n) is 12.2. The van der Waals surface area contributed by atoms with E-state index in [0.29, 0.717) is 12.8 Å². The summed E-state index contributed by atoms with van der Waals surface area (Å²) in [6.07, 6.45) is 11.0. The third-order valence-corrected chi connectivity index (χ3v) is 7.99. The predicted octanol–water partition coefficient (Wildman–Crippen LogP) is 4.48. The maximum Gasteiger partial charge on any atom is 0.309 e. The fourth-order valence-electron chi connectivity index (χ4n) is 5.37. The minimum absolute atomic E-state index is 0.0493. The molecule has 1 aliphatic heterocycles. The van der Waals surface area contributed by atoms with Crippen molar-refractivity contribution in [2.45, 2.75) is 96.6 Å². The van der Waals surface area contributed by atoms with Crippen LogP contribution in [-0.2, 0) is 25.5 Å². The molecule has 0 bridgehead atoms. The SMILES string of the molecule is CC(C)(C)C1COC(=O)C(Cc2ccccc2)CCCC=CCC(CC(=O)NC2(CO)CCCC2)C(=O)N1. The van der Waals surface area contributed by atoms with Crippen molar-refractivity contribution >= 4 is 17.8 Å². The highest BCUT2D eigenvalue weighted by Crippen LogP contribution is 2.30. The average Bonchev–Trinajstić information content (AvgIpc) is 3.34. The fraction of sp³-hybridized carbons (Fsp3) is 0.645. The molecule has 0 spiro atoms. The molecule has 1 saturated carbocycles.